The first kappa shape index (κ1) is 18.8. The maximum Gasteiger partial charge on any atom is 0.353 e. The standard InChI is InChI=1S/C18H23FN6O2/c1-18(2,3)22-16-15(25(26)27)17(21-12-20-16)24-10-8-23(9-11-24)14-6-4-13(19)5-7-14/h4-7,12H,8-11H2,1-3H3,(H,20,21,22). The van der Waals surface area contributed by atoms with Crippen LogP contribution in [0, 0.1) is 15.9 Å². The first-order chi connectivity index (χ1) is 12.7. The SMILES string of the molecule is CC(C)(C)Nc1ncnc(N2CCN(c3ccc(F)cc3)CC2)c1[N+](=O)[O-]. The van der Waals surface area contributed by atoms with Crippen LogP contribution in [0.4, 0.5) is 27.4 Å². The topological polar surface area (TPSA) is 87.4 Å². The molecule has 0 atom stereocenters. The number of halogens is 1. The lowest BCUT2D eigenvalue weighted by atomic mass is 10.1. The van der Waals surface area contributed by atoms with Gasteiger partial charge in [0.05, 0.1) is 4.92 Å². The van der Waals surface area contributed by atoms with Gasteiger partial charge in [-0.25, -0.2) is 14.4 Å². The third-order valence-corrected chi connectivity index (χ3v) is 4.25. The molecule has 8 nitrogen and oxygen atoms in total. The van der Waals surface area contributed by atoms with Crippen molar-refractivity contribution in [3.05, 3.63) is 46.5 Å². The van der Waals surface area contributed by atoms with Gasteiger partial charge in [0.1, 0.15) is 12.1 Å². The number of benzene rings is 1. The molecule has 1 aromatic carbocycles. The second-order valence-corrected chi connectivity index (χ2v) is 7.48. The van der Waals surface area contributed by atoms with Gasteiger partial charge in [-0.3, -0.25) is 10.1 Å². The summed E-state index contributed by atoms with van der Waals surface area (Å²) in [7, 11) is 0. The number of rotatable bonds is 4. The van der Waals surface area contributed by atoms with Crippen molar-refractivity contribution in [2.75, 3.05) is 41.3 Å². The summed E-state index contributed by atoms with van der Waals surface area (Å²) in [6.45, 7) is 8.22. The molecule has 27 heavy (non-hydrogen) atoms. The van der Waals surface area contributed by atoms with E-state index in [1.165, 1.54) is 18.5 Å². The normalized spacial score (nSPS) is 15.0. The van der Waals surface area contributed by atoms with Gasteiger partial charge in [-0.15, -0.1) is 0 Å². The highest BCUT2D eigenvalue weighted by Crippen LogP contribution is 2.34. The molecule has 2 heterocycles. The molecular weight excluding hydrogens is 351 g/mol. The number of hydrogen-bond donors (Lipinski definition) is 1. The quantitative estimate of drug-likeness (QED) is 0.650. The zero-order valence-electron chi connectivity index (χ0n) is 15.6. The predicted octanol–water partition coefficient (Wildman–Crippen LogP) is 3.06. The summed E-state index contributed by atoms with van der Waals surface area (Å²) in [6.07, 6.45) is 1.35. The molecule has 9 heteroatoms. The first-order valence-electron chi connectivity index (χ1n) is 8.77. The lowest BCUT2D eigenvalue weighted by Crippen LogP contribution is -2.47. The highest BCUT2D eigenvalue weighted by molar-refractivity contribution is 5.71. The fraction of sp³-hybridized carbons (Fsp3) is 0.444. The summed E-state index contributed by atoms with van der Waals surface area (Å²) in [5, 5.41) is 14.8. The third-order valence-electron chi connectivity index (χ3n) is 4.25. The van der Waals surface area contributed by atoms with Crippen LogP contribution >= 0.6 is 0 Å². The Bertz CT molecular complexity index is 814. The maximum absolute atomic E-state index is 13.1. The molecule has 0 spiro atoms. The van der Waals surface area contributed by atoms with Crippen LogP contribution < -0.4 is 15.1 Å². The lowest BCUT2D eigenvalue weighted by Gasteiger charge is -2.36. The number of nitrogens with one attached hydrogen (secondary N) is 1. The van der Waals surface area contributed by atoms with Crippen LogP contribution in [0.2, 0.25) is 0 Å². The minimum atomic E-state index is -0.435. The Morgan fingerprint density at radius 3 is 2.22 bits per heavy atom. The molecule has 1 N–H and O–H groups in total. The minimum Gasteiger partial charge on any atom is -0.368 e. The summed E-state index contributed by atoms with van der Waals surface area (Å²) in [4.78, 5) is 23.5. The second kappa shape index (κ2) is 7.34. The van der Waals surface area contributed by atoms with Gasteiger partial charge in [-0.05, 0) is 45.0 Å². The van der Waals surface area contributed by atoms with Crippen molar-refractivity contribution in [1.82, 2.24) is 9.97 Å². The van der Waals surface area contributed by atoms with Gasteiger partial charge in [-0.1, -0.05) is 0 Å². The summed E-state index contributed by atoms with van der Waals surface area (Å²) < 4.78 is 13.1. The molecule has 0 aliphatic carbocycles. The van der Waals surface area contributed by atoms with Gasteiger partial charge in [-0.2, -0.15) is 0 Å². The largest absolute Gasteiger partial charge is 0.368 e. The van der Waals surface area contributed by atoms with Crippen LogP contribution in [-0.4, -0.2) is 46.6 Å². The maximum atomic E-state index is 13.1. The minimum absolute atomic E-state index is 0.109. The van der Waals surface area contributed by atoms with Gasteiger partial charge in [0, 0.05) is 37.4 Å². The third kappa shape index (κ3) is 4.42. The van der Waals surface area contributed by atoms with Crippen LogP contribution in [0.5, 0.6) is 0 Å². The fourth-order valence-electron chi connectivity index (χ4n) is 3.04. The van der Waals surface area contributed by atoms with E-state index < -0.39 is 4.92 Å². The Kier molecular flexibility index (Phi) is 5.11. The van der Waals surface area contributed by atoms with E-state index in [0.717, 1.165) is 5.69 Å². The molecule has 0 saturated carbocycles. The van der Waals surface area contributed by atoms with Gasteiger partial charge < -0.3 is 15.1 Å². The lowest BCUT2D eigenvalue weighted by molar-refractivity contribution is -0.383. The van der Waals surface area contributed by atoms with E-state index in [4.69, 9.17) is 0 Å². The van der Waals surface area contributed by atoms with Crippen LogP contribution in [0.15, 0.2) is 30.6 Å². The van der Waals surface area contributed by atoms with Crippen LogP contribution in [-0.2, 0) is 0 Å². The molecule has 1 aromatic heterocycles. The van der Waals surface area contributed by atoms with Gasteiger partial charge in [0.15, 0.2) is 0 Å². The van der Waals surface area contributed by atoms with E-state index in [0.29, 0.717) is 32.0 Å². The Balaban J connectivity index is 1.80. The number of nitro groups is 1. The van der Waals surface area contributed by atoms with E-state index in [1.807, 2.05) is 25.7 Å². The number of piperazine rings is 1. The van der Waals surface area contributed by atoms with Crippen molar-refractivity contribution in [2.24, 2.45) is 0 Å². The Morgan fingerprint density at radius 2 is 1.67 bits per heavy atom. The van der Waals surface area contributed by atoms with Crippen molar-refractivity contribution in [1.29, 1.82) is 0 Å². The summed E-state index contributed by atoms with van der Waals surface area (Å²) >= 11 is 0. The monoisotopic (exact) mass is 374 g/mol. The summed E-state index contributed by atoms with van der Waals surface area (Å²) in [5.74, 6) is 0.270. The molecule has 0 radical (unpaired) electrons. The molecule has 0 bridgehead atoms. The van der Waals surface area contributed by atoms with E-state index >= 15 is 0 Å². The smallest absolute Gasteiger partial charge is 0.353 e. The molecular formula is C18H23FN6O2. The zero-order valence-corrected chi connectivity index (χ0v) is 15.6. The van der Waals surface area contributed by atoms with Crippen molar-refractivity contribution in [3.8, 4) is 0 Å². The number of hydrogen-bond acceptors (Lipinski definition) is 7. The van der Waals surface area contributed by atoms with Gasteiger partial charge in [0.2, 0.25) is 11.6 Å². The molecule has 0 unspecified atom stereocenters. The Hall–Kier alpha value is -2.97. The summed E-state index contributed by atoms with van der Waals surface area (Å²) in [5.41, 5.74) is 0.462. The Labute approximate surface area is 157 Å². The van der Waals surface area contributed by atoms with Crippen molar-refractivity contribution in [2.45, 2.75) is 26.3 Å². The molecule has 1 saturated heterocycles. The number of anilines is 3. The van der Waals surface area contributed by atoms with E-state index in [2.05, 4.69) is 20.2 Å². The van der Waals surface area contributed by atoms with E-state index in [-0.39, 0.29) is 22.9 Å². The second-order valence-electron chi connectivity index (χ2n) is 7.48. The van der Waals surface area contributed by atoms with Crippen molar-refractivity contribution >= 4 is 23.0 Å². The van der Waals surface area contributed by atoms with Crippen LogP contribution in [0.25, 0.3) is 0 Å². The number of aromatic nitrogens is 2. The van der Waals surface area contributed by atoms with Gasteiger partial charge >= 0.3 is 5.69 Å². The molecule has 144 valence electrons. The zero-order chi connectivity index (χ0) is 19.6. The average molecular weight is 374 g/mol. The molecule has 1 aliphatic heterocycles. The summed E-state index contributed by atoms with van der Waals surface area (Å²) in [6, 6.07) is 6.34. The highest BCUT2D eigenvalue weighted by Gasteiger charge is 2.30. The highest BCUT2D eigenvalue weighted by atomic mass is 19.1. The Morgan fingerprint density at radius 1 is 1.07 bits per heavy atom. The molecule has 0 amide bonds. The molecule has 1 aliphatic rings. The molecule has 1 fully saturated rings. The number of nitrogens with zero attached hydrogens (tertiary/aromatic N) is 5. The average Bonchev–Trinajstić information content (AvgIpc) is 2.61. The molecule has 3 rings (SSSR count). The first-order valence-corrected chi connectivity index (χ1v) is 8.77. The predicted molar refractivity (Wildman–Crippen MR) is 103 cm³/mol. The van der Waals surface area contributed by atoms with Crippen LogP contribution in [0.1, 0.15) is 20.8 Å². The van der Waals surface area contributed by atoms with E-state index in [1.54, 1.807) is 12.1 Å². The molecule has 2 aromatic rings. The van der Waals surface area contributed by atoms with Crippen LogP contribution in [0.3, 0.4) is 0 Å². The van der Waals surface area contributed by atoms with Gasteiger partial charge in [0.25, 0.3) is 0 Å². The van der Waals surface area contributed by atoms with Crippen molar-refractivity contribution in [3.63, 3.8) is 0 Å². The fourth-order valence-corrected chi connectivity index (χ4v) is 3.04. The van der Waals surface area contributed by atoms with Crippen molar-refractivity contribution < 1.29 is 9.31 Å². The van der Waals surface area contributed by atoms with E-state index in [9.17, 15) is 14.5 Å².